The summed E-state index contributed by atoms with van der Waals surface area (Å²) in [6.07, 6.45) is 4.96. The van der Waals surface area contributed by atoms with Crippen LogP contribution in [-0.4, -0.2) is 86.7 Å². The van der Waals surface area contributed by atoms with Crippen molar-refractivity contribution in [3.05, 3.63) is 65.0 Å². The number of sulfone groups is 1. The highest BCUT2D eigenvalue weighted by Crippen LogP contribution is 2.26. The molecule has 0 bridgehead atoms. The number of rotatable bonds is 13. The normalized spacial score (nSPS) is 15.3. The van der Waals surface area contributed by atoms with Gasteiger partial charge in [-0.05, 0) is 80.9 Å². The van der Waals surface area contributed by atoms with Gasteiger partial charge in [-0.3, -0.25) is 4.79 Å². The van der Waals surface area contributed by atoms with Crippen LogP contribution in [0.15, 0.2) is 59.5 Å². The lowest BCUT2D eigenvalue weighted by Crippen LogP contribution is -2.38. The van der Waals surface area contributed by atoms with Gasteiger partial charge in [-0.2, -0.15) is 0 Å². The number of amides is 2. The Hall–Kier alpha value is -2.95. The second-order valence-electron chi connectivity index (χ2n) is 11.1. The third-order valence-electron chi connectivity index (χ3n) is 7.80. The van der Waals surface area contributed by atoms with Gasteiger partial charge < -0.3 is 19.4 Å². The average Bonchev–Trinajstić information content (AvgIpc) is 3.29. The molecule has 2 amide bonds. The van der Waals surface area contributed by atoms with Crippen molar-refractivity contribution in [2.24, 2.45) is 0 Å². The van der Waals surface area contributed by atoms with Crippen molar-refractivity contribution >= 4 is 43.3 Å². The summed E-state index contributed by atoms with van der Waals surface area (Å²) in [6, 6.07) is 17.7. The van der Waals surface area contributed by atoms with Crippen molar-refractivity contribution < 1.29 is 22.7 Å². The largest absolute Gasteiger partial charge is 0.444 e. The number of hydrogen-bond donors (Lipinski definition) is 0. The van der Waals surface area contributed by atoms with Crippen molar-refractivity contribution in [1.29, 1.82) is 0 Å². The minimum atomic E-state index is -3.19. The first-order valence-corrected chi connectivity index (χ1v) is 17.5. The van der Waals surface area contributed by atoms with Crippen LogP contribution in [0.3, 0.4) is 0 Å². The van der Waals surface area contributed by atoms with E-state index in [0.717, 1.165) is 54.6 Å². The molecule has 1 unspecified atom stereocenters. The van der Waals surface area contributed by atoms with Crippen LogP contribution in [0, 0.1) is 0 Å². The van der Waals surface area contributed by atoms with Crippen molar-refractivity contribution in [2.45, 2.75) is 63.5 Å². The Morgan fingerprint density at radius 2 is 1.81 bits per heavy atom. The molecule has 0 spiro atoms. The van der Waals surface area contributed by atoms with Gasteiger partial charge in [-0.1, -0.05) is 37.3 Å². The van der Waals surface area contributed by atoms with Gasteiger partial charge in [0.15, 0.2) is 9.84 Å². The molecule has 3 aromatic rings. The Bertz CT molecular complexity index is 1400. The molecular formula is C32H43N3O5S2. The van der Waals surface area contributed by atoms with E-state index in [-0.39, 0.29) is 18.6 Å². The molecular weight excluding hydrogens is 571 g/mol. The molecule has 2 heterocycles. The SMILES string of the molecule is CCCN(CCCCN1CCN(C(=O)OCc2cc3ccccc3s2)CCC1=O)C(C)Cc1ccc(S(C)(=O)=O)cc1. The highest BCUT2D eigenvalue weighted by atomic mass is 32.2. The minimum absolute atomic E-state index is 0.0890. The zero-order chi connectivity index (χ0) is 30.1. The summed E-state index contributed by atoms with van der Waals surface area (Å²) in [7, 11) is -3.19. The average molecular weight is 614 g/mol. The van der Waals surface area contributed by atoms with Crippen LogP contribution in [-0.2, 0) is 32.4 Å². The first-order chi connectivity index (χ1) is 20.1. The van der Waals surface area contributed by atoms with E-state index in [1.165, 1.54) is 11.0 Å². The number of ether oxygens (including phenoxy) is 1. The number of unbranched alkanes of at least 4 members (excludes halogenated alkanes) is 1. The lowest BCUT2D eigenvalue weighted by atomic mass is 10.1. The molecule has 1 aliphatic rings. The Balaban J connectivity index is 1.19. The maximum Gasteiger partial charge on any atom is 0.410 e. The summed E-state index contributed by atoms with van der Waals surface area (Å²) in [6.45, 7) is 8.63. The molecule has 1 fully saturated rings. The lowest BCUT2D eigenvalue weighted by molar-refractivity contribution is -0.130. The topological polar surface area (TPSA) is 87.2 Å². The van der Waals surface area contributed by atoms with Crippen molar-refractivity contribution in [2.75, 3.05) is 45.5 Å². The quantitative estimate of drug-likeness (QED) is 0.233. The van der Waals surface area contributed by atoms with Crippen LogP contribution in [0.5, 0.6) is 0 Å². The first-order valence-electron chi connectivity index (χ1n) is 14.8. The van der Waals surface area contributed by atoms with Crippen LogP contribution in [0.1, 0.15) is 50.0 Å². The molecule has 1 saturated heterocycles. The zero-order valence-electron chi connectivity index (χ0n) is 25.0. The third-order valence-corrected chi connectivity index (χ3v) is 10.0. The van der Waals surface area contributed by atoms with Crippen LogP contribution in [0.4, 0.5) is 4.79 Å². The van der Waals surface area contributed by atoms with Gasteiger partial charge >= 0.3 is 6.09 Å². The number of carbonyl (C=O) groups is 2. The fourth-order valence-electron chi connectivity index (χ4n) is 5.42. The van der Waals surface area contributed by atoms with Gasteiger partial charge in [0.2, 0.25) is 5.91 Å². The highest BCUT2D eigenvalue weighted by Gasteiger charge is 2.25. The molecule has 0 aliphatic carbocycles. The Kier molecular flexibility index (Phi) is 11.4. The number of nitrogens with zero attached hydrogens (tertiary/aromatic N) is 3. The Morgan fingerprint density at radius 1 is 1.05 bits per heavy atom. The smallest absolute Gasteiger partial charge is 0.410 e. The number of benzene rings is 2. The fourth-order valence-corrected chi connectivity index (χ4v) is 7.03. The van der Waals surface area contributed by atoms with Crippen molar-refractivity contribution in [1.82, 2.24) is 14.7 Å². The van der Waals surface area contributed by atoms with E-state index >= 15 is 0 Å². The standard InChI is InChI=1S/C32H43N3O5S2/c1-4-16-33(25(2)22-26-11-13-29(14-12-26)42(3,38)39)17-7-8-18-34-20-21-35(19-15-31(34)36)32(37)40-24-28-23-27-9-5-6-10-30(27)41-28/h5-6,9-14,23,25H,4,7-8,15-22,24H2,1-3H3. The number of fused-ring (bicyclic) bond motifs is 1. The summed E-state index contributed by atoms with van der Waals surface area (Å²) in [5, 5.41) is 1.15. The first kappa shape index (κ1) is 32.0. The van der Waals surface area contributed by atoms with Gasteiger partial charge in [0.1, 0.15) is 6.61 Å². The molecule has 10 heteroatoms. The van der Waals surface area contributed by atoms with Crippen LogP contribution in [0.25, 0.3) is 10.1 Å². The monoisotopic (exact) mass is 613 g/mol. The minimum Gasteiger partial charge on any atom is -0.444 e. The summed E-state index contributed by atoms with van der Waals surface area (Å²) in [5.74, 6) is 0.0890. The van der Waals surface area contributed by atoms with Crippen LogP contribution >= 0.6 is 11.3 Å². The van der Waals surface area contributed by atoms with E-state index in [0.29, 0.717) is 43.5 Å². The molecule has 0 saturated carbocycles. The van der Waals surface area contributed by atoms with Gasteiger partial charge in [0, 0.05) is 54.5 Å². The molecule has 1 atom stereocenters. The molecule has 42 heavy (non-hydrogen) atoms. The highest BCUT2D eigenvalue weighted by molar-refractivity contribution is 7.90. The van der Waals surface area contributed by atoms with E-state index in [1.54, 1.807) is 28.4 Å². The van der Waals surface area contributed by atoms with E-state index in [9.17, 15) is 18.0 Å². The summed E-state index contributed by atoms with van der Waals surface area (Å²) >= 11 is 1.63. The fraction of sp³-hybridized carbons (Fsp3) is 0.500. The zero-order valence-corrected chi connectivity index (χ0v) is 26.6. The van der Waals surface area contributed by atoms with E-state index < -0.39 is 9.84 Å². The van der Waals surface area contributed by atoms with E-state index in [2.05, 4.69) is 36.9 Å². The molecule has 0 N–H and O–H groups in total. The molecule has 2 aromatic carbocycles. The lowest BCUT2D eigenvalue weighted by Gasteiger charge is -2.29. The Morgan fingerprint density at radius 3 is 2.52 bits per heavy atom. The Labute approximate surface area is 254 Å². The second kappa shape index (κ2) is 15.0. The van der Waals surface area contributed by atoms with Crippen LogP contribution in [0.2, 0.25) is 0 Å². The van der Waals surface area contributed by atoms with Crippen molar-refractivity contribution in [3.8, 4) is 0 Å². The van der Waals surface area contributed by atoms with Gasteiger partial charge in [0.25, 0.3) is 0 Å². The summed E-state index contributed by atoms with van der Waals surface area (Å²) in [4.78, 5) is 32.9. The summed E-state index contributed by atoms with van der Waals surface area (Å²) < 4.78 is 30.3. The maximum absolute atomic E-state index is 12.8. The molecule has 1 aromatic heterocycles. The van der Waals surface area contributed by atoms with Crippen molar-refractivity contribution in [3.63, 3.8) is 0 Å². The third kappa shape index (κ3) is 9.02. The molecule has 228 valence electrons. The number of carbonyl (C=O) groups excluding carboxylic acids is 2. The molecule has 8 nitrogen and oxygen atoms in total. The van der Waals surface area contributed by atoms with Gasteiger partial charge in [-0.25, -0.2) is 13.2 Å². The maximum atomic E-state index is 12.8. The van der Waals surface area contributed by atoms with E-state index in [4.69, 9.17) is 4.74 Å². The van der Waals surface area contributed by atoms with Gasteiger partial charge in [0.05, 0.1) is 4.90 Å². The van der Waals surface area contributed by atoms with E-state index in [1.807, 2.05) is 29.2 Å². The second-order valence-corrected chi connectivity index (χ2v) is 14.3. The number of hydrogen-bond acceptors (Lipinski definition) is 7. The molecule has 0 radical (unpaired) electrons. The summed E-state index contributed by atoms with van der Waals surface area (Å²) in [5.41, 5.74) is 1.12. The van der Waals surface area contributed by atoms with Gasteiger partial charge in [-0.15, -0.1) is 11.3 Å². The van der Waals surface area contributed by atoms with Crippen LogP contribution < -0.4 is 0 Å². The molecule has 4 rings (SSSR count). The number of thiophene rings is 1. The molecule has 1 aliphatic heterocycles. The predicted molar refractivity (Wildman–Crippen MR) is 169 cm³/mol. The predicted octanol–water partition coefficient (Wildman–Crippen LogP) is 5.60.